The minimum Gasteiger partial charge on any atom is -0.381 e. The Kier molecular flexibility index (Phi) is 11.7. The molecule has 3 saturated heterocycles. The molecule has 0 spiro atoms. The summed E-state index contributed by atoms with van der Waals surface area (Å²) < 4.78 is 36.2. The van der Waals surface area contributed by atoms with Gasteiger partial charge in [0.1, 0.15) is 12.3 Å². The smallest absolute Gasteiger partial charge is 0.264 e. The molecule has 11 nitrogen and oxygen atoms in total. The van der Waals surface area contributed by atoms with Gasteiger partial charge in [0.15, 0.2) is 0 Å². The number of anilines is 5. The minimum absolute atomic E-state index is 0.0367. The number of hydrogen-bond donors (Lipinski definition) is 1. The Labute approximate surface area is 383 Å². The predicted molar refractivity (Wildman–Crippen MR) is 254 cm³/mol. The molecule has 4 aromatic carbocycles. The van der Waals surface area contributed by atoms with Crippen molar-refractivity contribution in [2.45, 2.75) is 82.6 Å². The van der Waals surface area contributed by atoms with Crippen molar-refractivity contribution < 1.29 is 32.7 Å². The molecule has 5 aliphatic rings. The standard InChI is InChI=1S/C53H54F2N6O5/c1-31(30-62)24-41-47(58(2)3)26-36(32-17-22-66-23-18-32)27-48(41)60-19-5-6-34-25-39(40(51(54)55)28-46(34)60)35-9-10-42(56-29-35)33-15-20-59(21-16-33)43-11-12-44-50-37(43)7-4-8-38(50)53(65)61(44)45-13-14-49(63)57-52(45)64/h4,7-12,24-30,32-33,45,51H,5-6,13-23H2,1-3H3,(H,57,63,64)/b31-24-. The number of benzene rings is 4. The van der Waals surface area contributed by atoms with Gasteiger partial charge in [-0.25, -0.2) is 8.78 Å². The molecule has 0 aliphatic carbocycles. The summed E-state index contributed by atoms with van der Waals surface area (Å²) in [6, 6.07) is 20.9. The Morgan fingerprint density at radius 2 is 1.64 bits per heavy atom. The number of halogens is 2. The summed E-state index contributed by atoms with van der Waals surface area (Å²) in [5, 5.41) is 4.17. The third-order valence-electron chi connectivity index (χ3n) is 14.4. The van der Waals surface area contributed by atoms with Crippen molar-refractivity contribution >= 4 is 69.3 Å². The molecule has 1 N–H and O–H groups in total. The average Bonchev–Trinajstić information content (AvgIpc) is 3.62. The average molecular weight is 893 g/mol. The lowest BCUT2D eigenvalue weighted by atomic mass is 9.87. The maximum atomic E-state index is 15.3. The number of nitrogens with one attached hydrogen (secondary N) is 1. The van der Waals surface area contributed by atoms with E-state index >= 15 is 8.78 Å². The number of imide groups is 1. The summed E-state index contributed by atoms with van der Waals surface area (Å²) in [5.41, 5.74) is 10.6. The lowest BCUT2D eigenvalue weighted by Gasteiger charge is -2.36. The first kappa shape index (κ1) is 43.4. The van der Waals surface area contributed by atoms with Gasteiger partial charge in [-0.1, -0.05) is 18.2 Å². The van der Waals surface area contributed by atoms with Crippen LogP contribution in [0.3, 0.4) is 0 Å². The summed E-state index contributed by atoms with van der Waals surface area (Å²) in [6.45, 7) is 5.35. The number of piperidine rings is 2. The Morgan fingerprint density at radius 3 is 2.35 bits per heavy atom. The van der Waals surface area contributed by atoms with Crippen LogP contribution < -0.4 is 24.9 Å². The number of ether oxygens (including phenoxy) is 1. The molecule has 1 atom stereocenters. The van der Waals surface area contributed by atoms with Gasteiger partial charge in [-0.15, -0.1) is 0 Å². The molecule has 0 saturated carbocycles. The van der Waals surface area contributed by atoms with E-state index in [2.05, 4.69) is 32.1 Å². The van der Waals surface area contributed by atoms with E-state index in [9.17, 15) is 19.2 Å². The fourth-order valence-electron chi connectivity index (χ4n) is 11.0. The van der Waals surface area contributed by atoms with E-state index in [0.29, 0.717) is 53.6 Å². The van der Waals surface area contributed by atoms with Gasteiger partial charge in [0, 0.05) is 121 Å². The molecule has 340 valence electrons. The highest BCUT2D eigenvalue weighted by molar-refractivity contribution is 6.28. The second kappa shape index (κ2) is 17.7. The Hall–Kier alpha value is -6.47. The molecule has 66 heavy (non-hydrogen) atoms. The predicted octanol–water partition coefficient (Wildman–Crippen LogP) is 9.64. The van der Waals surface area contributed by atoms with Crippen molar-refractivity contribution in [1.29, 1.82) is 0 Å². The van der Waals surface area contributed by atoms with Crippen LogP contribution in [0.2, 0.25) is 0 Å². The molecule has 0 bridgehead atoms. The van der Waals surface area contributed by atoms with Crippen LogP contribution in [-0.4, -0.2) is 82.0 Å². The monoisotopic (exact) mass is 892 g/mol. The molecular formula is C53H54F2N6O5. The third-order valence-corrected chi connectivity index (χ3v) is 14.4. The van der Waals surface area contributed by atoms with Crippen molar-refractivity contribution in [3.63, 3.8) is 0 Å². The van der Waals surface area contributed by atoms with Crippen molar-refractivity contribution in [3.8, 4) is 11.1 Å². The first-order valence-corrected chi connectivity index (χ1v) is 23.2. The van der Waals surface area contributed by atoms with Gasteiger partial charge in [0.25, 0.3) is 12.3 Å². The largest absolute Gasteiger partial charge is 0.381 e. The Morgan fingerprint density at radius 1 is 0.848 bits per heavy atom. The lowest BCUT2D eigenvalue weighted by Crippen LogP contribution is -2.53. The van der Waals surface area contributed by atoms with E-state index in [4.69, 9.17) is 9.72 Å². The van der Waals surface area contributed by atoms with Crippen LogP contribution in [0.5, 0.6) is 0 Å². The number of amides is 3. The first-order valence-electron chi connectivity index (χ1n) is 23.2. The normalized spacial score (nSPS) is 19.5. The van der Waals surface area contributed by atoms with Crippen molar-refractivity contribution in [2.24, 2.45) is 0 Å². The van der Waals surface area contributed by atoms with Gasteiger partial charge in [0.05, 0.1) is 11.4 Å². The molecule has 5 aromatic rings. The van der Waals surface area contributed by atoms with Gasteiger partial charge < -0.3 is 19.4 Å². The van der Waals surface area contributed by atoms with Gasteiger partial charge in [-0.2, -0.15) is 0 Å². The van der Waals surface area contributed by atoms with E-state index in [1.165, 1.54) is 5.56 Å². The zero-order chi connectivity index (χ0) is 45.8. The molecular weight excluding hydrogens is 839 g/mol. The number of aryl methyl sites for hydroxylation is 1. The van der Waals surface area contributed by atoms with Crippen LogP contribution >= 0.6 is 0 Å². The number of pyridine rings is 1. The van der Waals surface area contributed by atoms with Gasteiger partial charge in [-0.05, 0) is 135 Å². The highest BCUT2D eigenvalue weighted by Gasteiger charge is 2.41. The Bertz CT molecular complexity index is 2790. The summed E-state index contributed by atoms with van der Waals surface area (Å²) in [4.78, 5) is 63.4. The molecule has 5 aliphatic heterocycles. The minimum atomic E-state index is -2.72. The van der Waals surface area contributed by atoms with Crippen LogP contribution in [0.15, 0.2) is 78.5 Å². The summed E-state index contributed by atoms with van der Waals surface area (Å²) >= 11 is 0. The SMILES string of the molecule is C/C(C=O)=C/c1c(N(C)C)cc(C2CCOCC2)cc1N1CCCc2cc(-c3ccc(C4CCN(c5ccc6c7c(cccc57)C(=O)N6C5CCC(=O)NC5=O)CC4)nc3)c(C(F)F)cc21. The molecule has 6 heterocycles. The van der Waals surface area contributed by atoms with Gasteiger partial charge in [0.2, 0.25) is 11.8 Å². The van der Waals surface area contributed by atoms with Crippen LogP contribution in [0.1, 0.15) is 108 Å². The number of nitrogens with zero attached hydrogens (tertiary/aromatic N) is 5. The van der Waals surface area contributed by atoms with E-state index in [0.717, 1.165) is 108 Å². The number of carbonyl (C=O) groups is 4. The van der Waals surface area contributed by atoms with Gasteiger partial charge >= 0.3 is 0 Å². The maximum Gasteiger partial charge on any atom is 0.264 e. The van der Waals surface area contributed by atoms with Crippen LogP contribution in [0.25, 0.3) is 28.0 Å². The molecule has 0 radical (unpaired) electrons. The van der Waals surface area contributed by atoms with Crippen LogP contribution in [0, 0.1) is 0 Å². The maximum absolute atomic E-state index is 15.3. The van der Waals surface area contributed by atoms with E-state index in [1.807, 2.05) is 62.6 Å². The fourth-order valence-corrected chi connectivity index (χ4v) is 11.0. The molecule has 1 aromatic heterocycles. The Balaban J connectivity index is 0.905. The fraction of sp³-hybridized carbons (Fsp3) is 0.377. The van der Waals surface area contributed by atoms with Crippen molar-refractivity contribution in [3.05, 3.63) is 112 Å². The highest BCUT2D eigenvalue weighted by atomic mass is 19.3. The molecule has 10 rings (SSSR count). The van der Waals surface area contributed by atoms with E-state index in [-0.39, 0.29) is 36.1 Å². The third kappa shape index (κ3) is 7.80. The summed E-state index contributed by atoms with van der Waals surface area (Å²) in [5.74, 6) is -0.513. The zero-order valence-electron chi connectivity index (χ0n) is 37.6. The van der Waals surface area contributed by atoms with E-state index < -0.39 is 18.4 Å². The molecule has 3 fully saturated rings. The van der Waals surface area contributed by atoms with E-state index in [1.54, 1.807) is 30.2 Å². The highest BCUT2D eigenvalue weighted by Crippen LogP contribution is 2.47. The molecule has 3 amide bonds. The second-order valence-corrected chi connectivity index (χ2v) is 18.6. The zero-order valence-corrected chi connectivity index (χ0v) is 37.6. The summed E-state index contributed by atoms with van der Waals surface area (Å²) in [7, 11) is 3.99. The number of aromatic nitrogens is 1. The number of aldehydes is 1. The lowest BCUT2D eigenvalue weighted by molar-refractivity contribution is -0.134. The molecule has 1 unspecified atom stereocenters. The molecule has 13 heteroatoms. The number of alkyl halides is 2. The van der Waals surface area contributed by atoms with Crippen molar-refractivity contribution in [2.75, 3.05) is 66.5 Å². The van der Waals surface area contributed by atoms with Crippen LogP contribution in [-0.2, 0) is 25.5 Å². The van der Waals surface area contributed by atoms with Gasteiger partial charge in [-0.3, -0.25) is 34.4 Å². The number of rotatable bonds is 10. The number of carbonyl (C=O) groups excluding carboxylic acids is 4. The van der Waals surface area contributed by atoms with Crippen molar-refractivity contribution in [1.82, 2.24) is 10.3 Å². The van der Waals surface area contributed by atoms with Crippen LogP contribution in [0.4, 0.5) is 37.2 Å². The quantitative estimate of drug-likeness (QED) is 0.0832. The first-order chi connectivity index (χ1) is 32.0. The topological polar surface area (TPSA) is 115 Å². The number of allylic oxidation sites excluding steroid dienone is 1. The number of fused-ring (bicyclic) bond motifs is 1. The summed E-state index contributed by atoms with van der Waals surface area (Å²) in [6.07, 6.45) is 7.33. The number of hydrogen-bond acceptors (Lipinski definition) is 9. The second-order valence-electron chi connectivity index (χ2n) is 18.6.